The molecule has 2 amide bonds. The highest BCUT2D eigenvalue weighted by Gasteiger charge is 2.33. The number of carbonyl (C=O) groups is 2. The minimum absolute atomic E-state index is 0.202. The first-order valence-electron chi connectivity index (χ1n) is 13.5. The first-order valence-corrected chi connectivity index (χ1v) is 13.5. The molecule has 206 valence electrons. The maximum absolute atomic E-state index is 13.3. The van der Waals surface area contributed by atoms with Crippen LogP contribution in [0.5, 0.6) is 0 Å². The van der Waals surface area contributed by atoms with Gasteiger partial charge < -0.3 is 15.8 Å². The maximum atomic E-state index is 13.3. The molecule has 0 bridgehead atoms. The fraction of sp³-hybridized carbons (Fsp3) is 0.194. The van der Waals surface area contributed by atoms with E-state index in [1.165, 1.54) is 0 Å². The number of carbonyl (C=O) groups excluding carboxylic acids is 2. The number of aromatic nitrogens is 4. The molecule has 0 spiro atoms. The molecular weight excluding hydrogens is 518 g/mol. The monoisotopic (exact) mass is 547 g/mol. The van der Waals surface area contributed by atoms with Crippen LogP contribution in [0.1, 0.15) is 47.1 Å². The van der Waals surface area contributed by atoms with Crippen molar-refractivity contribution in [3.05, 3.63) is 108 Å². The van der Waals surface area contributed by atoms with E-state index in [9.17, 15) is 9.59 Å². The standard InChI is InChI=1S/C31H29N7O3/c32-28-27-26(22-12-14-23(15-13-22)30(39)35-25-11-4-6-16-33-25)36-29(38(27)19-17-34-28)24-10-5-7-18-37(24)31(40)41-20-21-8-2-1-3-9-21/h1-4,6,8-9,11-17,19,24H,5,7,10,18,20H2,(H2,32,34)(H,33,35,39). The van der Waals surface area contributed by atoms with Gasteiger partial charge >= 0.3 is 6.09 Å². The summed E-state index contributed by atoms with van der Waals surface area (Å²) in [5.74, 6) is 1.23. The average molecular weight is 548 g/mol. The molecule has 1 unspecified atom stereocenters. The second kappa shape index (κ2) is 11.5. The van der Waals surface area contributed by atoms with Crippen LogP contribution in [-0.4, -0.2) is 42.8 Å². The summed E-state index contributed by atoms with van der Waals surface area (Å²) in [7, 11) is 0. The molecule has 1 aliphatic rings. The number of nitrogens with zero attached hydrogens (tertiary/aromatic N) is 5. The van der Waals surface area contributed by atoms with E-state index >= 15 is 0 Å². The lowest BCUT2D eigenvalue weighted by Crippen LogP contribution is -2.39. The topological polar surface area (TPSA) is 128 Å². The van der Waals surface area contributed by atoms with Gasteiger partial charge in [-0.2, -0.15) is 0 Å². The summed E-state index contributed by atoms with van der Waals surface area (Å²) in [4.78, 5) is 41.2. The van der Waals surface area contributed by atoms with Crippen LogP contribution in [0.15, 0.2) is 91.4 Å². The van der Waals surface area contributed by atoms with Crippen molar-refractivity contribution in [1.82, 2.24) is 24.3 Å². The Bertz CT molecular complexity index is 1670. The Labute approximate surface area is 236 Å². The number of piperidine rings is 1. The SMILES string of the molecule is Nc1nccn2c(C3CCCCN3C(=O)OCc3ccccc3)nc(-c3ccc(C(=O)Nc4ccccn4)cc3)c12. The number of pyridine rings is 1. The minimum Gasteiger partial charge on any atom is -0.445 e. The van der Waals surface area contributed by atoms with E-state index in [4.69, 9.17) is 15.5 Å². The molecule has 3 aromatic heterocycles. The van der Waals surface area contributed by atoms with E-state index in [2.05, 4.69) is 15.3 Å². The van der Waals surface area contributed by atoms with Gasteiger partial charge in [0.05, 0.1) is 6.04 Å². The quantitative estimate of drug-likeness (QED) is 0.288. The van der Waals surface area contributed by atoms with Gasteiger partial charge in [-0.1, -0.05) is 48.5 Å². The zero-order valence-electron chi connectivity index (χ0n) is 22.3. The number of hydrogen-bond donors (Lipinski definition) is 2. The van der Waals surface area contributed by atoms with Crippen molar-refractivity contribution >= 4 is 29.2 Å². The summed E-state index contributed by atoms with van der Waals surface area (Å²) < 4.78 is 7.60. The van der Waals surface area contributed by atoms with Crippen LogP contribution in [0.4, 0.5) is 16.4 Å². The molecule has 1 aliphatic heterocycles. The molecule has 1 saturated heterocycles. The van der Waals surface area contributed by atoms with E-state index in [-0.39, 0.29) is 24.6 Å². The van der Waals surface area contributed by atoms with Gasteiger partial charge in [0, 0.05) is 36.3 Å². The Morgan fingerprint density at radius 2 is 1.76 bits per heavy atom. The van der Waals surface area contributed by atoms with Crippen molar-refractivity contribution in [1.29, 1.82) is 0 Å². The number of amides is 2. The molecule has 3 N–H and O–H groups in total. The average Bonchev–Trinajstić information content (AvgIpc) is 3.42. The zero-order chi connectivity index (χ0) is 28.2. The Hall–Kier alpha value is -5.25. The Morgan fingerprint density at radius 3 is 2.54 bits per heavy atom. The number of imidazole rings is 1. The highest BCUT2D eigenvalue weighted by atomic mass is 16.6. The smallest absolute Gasteiger partial charge is 0.410 e. The van der Waals surface area contributed by atoms with E-state index in [1.807, 2.05) is 59.1 Å². The van der Waals surface area contributed by atoms with Crippen LogP contribution in [0, 0.1) is 0 Å². The molecule has 10 heteroatoms. The van der Waals surface area contributed by atoms with Crippen molar-refractivity contribution < 1.29 is 14.3 Å². The molecule has 6 rings (SSSR count). The summed E-state index contributed by atoms with van der Waals surface area (Å²) in [6, 6.07) is 21.8. The van der Waals surface area contributed by atoms with E-state index in [0.29, 0.717) is 40.8 Å². The third-order valence-corrected chi connectivity index (χ3v) is 7.18. The maximum Gasteiger partial charge on any atom is 0.410 e. The number of hydrogen-bond acceptors (Lipinski definition) is 7. The van der Waals surface area contributed by atoms with Crippen molar-refractivity contribution in [2.24, 2.45) is 0 Å². The highest BCUT2D eigenvalue weighted by Crippen LogP contribution is 2.36. The van der Waals surface area contributed by atoms with Gasteiger partial charge in [0.15, 0.2) is 0 Å². The van der Waals surface area contributed by atoms with Gasteiger partial charge in [-0.3, -0.25) is 14.1 Å². The van der Waals surface area contributed by atoms with E-state index in [0.717, 1.165) is 30.4 Å². The van der Waals surface area contributed by atoms with Gasteiger partial charge in [0.2, 0.25) is 0 Å². The van der Waals surface area contributed by atoms with Crippen molar-refractivity contribution in [3.63, 3.8) is 0 Å². The van der Waals surface area contributed by atoms with Gasteiger partial charge in [-0.25, -0.2) is 19.7 Å². The third-order valence-electron chi connectivity index (χ3n) is 7.18. The molecule has 1 atom stereocenters. The second-order valence-electron chi connectivity index (χ2n) is 9.84. The van der Waals surface area contributed by atoms with Crippen LogP contribution in [0.2, 0.25) is 0 Å². The fourth-order valence-electron chi connectivity index (χ4n) is 5.15. The lowest BCUT2D eigenvalue weighted by molar-refractivity contribution is 0.0657. The number of fused-ring (bicyclic) bond motifs is 1. The van der Waals surface area contributed by atoms with Crippen molar-refractivity contribution in [2.45, 2.75) is 31.9 Å². The van der Waals surface area contributed by atoms with E-state index in [1.54, 1.807) is 41.6 Å². The third kappa shape index (κ3) is 5.44. The predicted molar refractivity (Wildman–Crippen MR) is 155 cm³/mol. The Morgan fingerprint density at radius 1 is 0.951 bits per heavy atom. The molecule has 41 heavy (non-hydrogen) atoms. The fourth-order valence-corrected chi connectivity index (χ4v) is 5.15. The predicted octanol–water partition coefficient (Wildman–Crippen LogP) is 5.49. The number of anilines is 2. The molecule has 0 saturated carbocycles. The lowest BCUT2D eigenvalue weighted by Gasteiger charge is -2.34. The van der Waals surface area contributed by atoms with Gasteiger partial charge in [0.25, 0.3) is 5.91 Å². The summed E-state index contributed by atoms with van der Waals surface area (Å²) >= 11 is 0. The van der Waals surface area contributed by atoms with Crippen LogP contribution in [0.3, 0.4) is 0 Å². The summed E-state index contributed by atoms with van der Waals surface area (Å²) in [6.07, 6.45) is 7.28. The molecule has 0 radical (unpaired) electrons. The lowest BCUT2D eigenvalue weighted by atomic mass is 10.0. The molecule has 1 fully saturated rings. The van der Waals surface area contributed by atoms with Crippen LogP contribution >= 0.6 is 0 Å². The first kappa shape index (κ1) is 26.0. The zero-order valence-corrected chi connectivity index (χ0v) is 22.3. The summed E-state index contributed by atoms with van der Waals surface area (Å²) in [5.41, 5.74) is 9.82. The number of nitrogens with one attached hydrogen (secondary N) is 1. The molecule has 4 heterocycles. The number of rotatable bonds is 6. The normalized spacial score (nSPS) is 15.0. The number of ether oxygens (including phenoxy) is 1. The van der Waals surface area contributed by atoms with Gasteiger partial charge in [0.1, 0.15) is 35.3 Å². The Balaban J connectivity index is 1.29. The first-order chi connectivity index (χ1) is 20.1. The van der Waals surface area contributed by atoms with Crippen LogP contribution in [-0.2, 0) is 11.3 Å². The summed E-state index contributed by atoms with van der Waals surface area (Å²) in [6.45, 7) is 0.775. The number of likely N-dealkylation sites (tertiary alicyclic amines) is 1. The van der Waals surface area contributed by atoms with Crippen molar-refractivity contribution in [3.8, 4) is 11.3 Å². The second-order valence-corrected chi connectivity index (χ2v) is 9.84. The van der Waals surface area contributed by atoms with Gasteiger partial charge in [-0.05, 0) is 49.1 Å². The minimum atomic E-state index is -0.373. The summed E-state index contributed by atoms with van der Waals surface area (Å²) in [5, 5.41) is 2.79. The number of nitrogen functional groups attached to an aromatic ring is 1. The molecule has 5 aromatic rings. The molecular formula is C31H29N7O3. The Kier molecular flexibility index (Phi) is 7.27. The number of benzene rings is 2. The molecule has 2 aromatic carbocycles. The largest absolute Gasteiger partial charge is 0.445 e. The van der Waals surface area contributed by atoms with Gasteiger partial charge in [-0.15, -0.1) is 0 Å². The highest BCUT2D eigenvalue weighted by molar-refractivity contribution is 6.04. The van der Waals surface area contributed by atoms with Crippen LogP contribution in [0.25, 0.3) is 16.8 Å². The van der Waals surface area contributed by atoms with Crippen LogP contribution < -0.4 is 11.1 Å². The number of nitrogens with two attached hydrogens (primary N) is 1. The van der Waals surface area contributed by atoms with E-state index < -0.39 is 0 Å². The van der Waals surface area contributed by atoms with Crippen molar-refractivity contribution in [2.75, 3.05) is 17.6 Å². The molecule has 10 nitrogen and oxygen atoms in total. The molecule has 0 aliphatic carbocycles.